The normalized spacial score (nSPS) is 16.3. The van der Waals surface area contributed by atoms with E-state index in [1.165, 1.54) is 82.7 Å². The zero-order valence-corrected chi connectivity index (χ0v) is 31.9. The summed E-state index contributed by atoms with van der Waals surface area (Å²) >= 11 is 1.89. The molecule has 0 amide bonds. The lowest BCUT2D eigenvalue weighted by Crippen LogP contribution is -2.36. The van der Waals surface area contributed by atoms with Crippen LogP contribution in [0.25, 0.3) is 54.9 Å². The number of nitrogens with zero attached hydrogens (tertiary/aromatic N) is 1. The average Bonchev–Trinajstić information content (AvgIpc) is 3.63. The Balaban J connectivity index is 1.27. The van der Waals surface area contributed by atoms with Crippen LogP contribution in [0.5, 0.6) is 0 Å². The van der Waals surface area contributed by atoms with Crippen molar-refractivity contribution in [2.75, 3.05) is 0 Å². The minimum Gasteiger partial charge on any atom is -0.270 e. The molecule has 1 aliphatic heterocycles. The van der Waals surface area contributed by atoms with E-state index < -0.39 is 5.41 Å². The number of fused-ring (bicyclic) bond motifs is 6. The largest absolute Gasteiger partial charge is 0.270 e. The SMILES string of the molecule is CC1(C)N=C(c2cccc(-c3cc4c(c5ccccc35)-c3ccc(-c5ccc6ccccc6c5)cc3C4(c3ccccc3)c3ccccc3)c2)SC1(C)C. The summed E-state index contributed by atoms with van der Waals surface area (Å²) in [7, 11) is 0. The molecule has 0 saturated carbocycles. The lowest BCUT2D eigenvalue weighted by molar-refractivity contribution is 0.426. The molecular formula is C52H41NS. The van der Waals surface area contributed by atoms with Crippen LogP contribution in [0.4, 0.5) is 0 Å². The van der Waals surface area contributed by atoms with Crippen LogP contribution in [-0.4, -0.2) is 15.3 Å². The maximum Gasteiger partial charge on any atom is 0.0990 e. The molecule has 0 bridgehead atoms. The van der Waals surface area contributed by atoms with Crippen molar-refractivity contribution in [1.29, 1.82) is 0 Å². The Morgan fingerprint density at radius 3 is 1.74 bits per heavy atom. The molecule has 0 atom stereocenters. The van der Waals surface area contributed by atoms with Gasteiger partial charge in [-0.25, -0.2) is 0 Å². The molecular weight excluding hydrogens is 671 g/mol. The number of hydrogen-bond acceptors (Lipinski definition) is 2. The summed E-state index contributed by atoms with van der Waals surface area (Å²) in [5, 5.41) is 6.17. The lowest BCUT2D eigenvalue weighted by Gasteiger charge is -2.34. The minimum absolute atomic E-state index is 0.0149. The van der Waals surface area contributed by atoms with Gasteiger partial charge in [0.05, 0.1) is 16.0 Å². The van der Waals surface area contributed by atoms with Gasteiger partial charge >= 0.3 is 0 Å². The van der Waals surface area contributed by atoms with E-state index in [0.717, 1.165) is 5.04 Å². The van der Waals surface area contributed by atoms with Gasteiger partial charge in [0.2, 0.25) is 0 Å². The van der Waals surface area contributed by atoms with Gasteiger partial charge in [-0.1, -0.05) is 163 Å². The van der Waals surface area contributed by atoms with E-state index in [2.05, 4.69) is 204 Å². The molecule has 1 aliphatic carbocycles. The first-order valence-corrected chi connectivity index (χ1v) is 19.8. The monoisotopic (exact) mass is 711 g/mol. The molecule has 2 aliphatic rings. The second kappa shape index (κ2) is 12.2. The summed E-state index contributed by atoms with van der Waals surface area (Å²) < 4.78 is 0.0149. The predicted octanol–water partition coefficient (Wildman–Crippen LogP) is 13.7. The van der Waals surface area contributed by atoms with Gasteiger partial charge in [0.15, 0.2) is 0 Å². The minimum atomic E-state index is -0.546. The molecule has 0 fully saturated rings. The molecule has 0 radical (unpaired) electrons. The van der Waals surface area contributed by atoms with E-state index >= 15 is 0 Å². The van der Waals surface area contributed by atoms with Crippen LogP contribution in [0, 0.1) is 0 Å². The van der Waals surface area contributed by atoms with E-state index in [1.807, 2.05) is 11.8 Å². The molecule has 0 aromatic heterocycles. The van der Waals surface area contributed by atoms with Crippen molar-refractivity contribution in [2.24, 2.45) is 4.99 Å². The van der Waals surface area contributed by atoms with Gasteiger partial charge < -0.3 is 0 Å². The molecule has 1 nitrogen and oxygen atoms in total. The molecule has 54 heavy (non-hydrogen) atoms. The lowest BCUT2D eigenvalue weighted by atomic mass is 9.67. The van der Waals surface area contributed by atoms with Gasteiger partial charge in [-0.05, 0) is 129 Å². The van der Waals surface area contributed by atoms with E-state index in [1.54, 1.807) is 0 Å². The fourth-order valence-corrected chi connectivity index (χ4v) is 10.1. The second-order valence-corrected chi connectivity index (χ2v) is 17.5. The molecule has 10 rings (SSSR count). The number of thioether (sulfide) groups is 1. The Hall–Kier alpha value is -5.70. The first-order chi connectivity index (χ1) is 26.2. The van der Waals surface area contributed by atoms with E-state index in [4.69, 9.17) is 4.99 Å². The Morgan fingerprint density at radius 1 is 0.426 bits per heavy atom. The zero-order valence-electron chi connectivity index (χ0n) is 31.1. The van der Waals surface area contributed by atoms with E-state index in [-0.39, 0.29) is 10.3 Å². The summed E-state index contributed by atoms with van der Waals surface area (Å²) in [5.74, 6) is 0. The van der Waals surface area contributed by atoms with Gasteiger partial charge in [0.25, 0.3) is 0 Å². The number of rotatable bonds is 5. The van der Waals surface area contributed by atoms with Crippen LogP contribution in [0.15, 0.2) is 181 Å². The molecule has 8 aromatic carbocycles. The molecule has 1 heterocycles. The van der Waals surface area contributed by atoms with Gasteiger partial charge in [0, 0.05) is 10.3 Å². The first kappa shape index (κ1) is 32.9. The van der Waals surface area contributed by atoms with Crippen molar-refractivity contribution in [3.05, 3.63) is 204 Å². The highest BCUT2D eigenvalue weighted by molar-refractivity contribution is 8.15. The molecule has 8 aromatic rings. The van der Waals surface area contributed by atoms with Crippen molar-refractivity contribution in [2.45, 2.75) is 43.4 Å². The van der Waals surface area contributed by atoms with Crippen molar-refractivity contribution in [3.8, 4) is 33.4 Å². The quantitative estimate of drug-likeness (QED) is 0.173. The van der Waals surface area contributed by atoms with Gasteiger partial charge in [-0.15, -0.1) is 0 Å². The molecule has 0 N–H and O–H groups in total. The van der Waals surface area contributed by atoms with Gasteiger partial charge in [0.1, 0.15) is 0 Å². The Kier molecular flexibility index (Phi) is 7.41. The predicted molar refractivity (Wildman–Crippen MR) is 232 cm³/mol. The summed E-state index contributed by atoms with van der Waals surface area (Å²) in [6, 6.07) is 65.6. The third-order valence-electron chi connectivity index (χ3n) is 12.3. The van der Waals surface area contributed by atoms with Crippen LogP contribution in [0.2, 0.25) is 0 Å². The van der Waals surface area contributed by atoms with Crippen molar-refractivity contribution in [3.63, 3.8) is 0 Å². The second-order valence-electron chi connectivity index (χ2n) is 15.9. The molecule has 260 valence electrons. The average molecular weight is 712 g/mol. The first-order valence-electron chi connectivity index (χ1n) is 19.0. The third kappa shape index (κ3) is 4.90. The van der Waals surface area contributed by atoms with Crippen molar-refractivity contribution >= 4 is 38.4 Å². The van der Waals surface area contributed by atoms with Crippen molar-refractivity contribution < 1.29 is 0 Å². The van der Waals surface area contributed by atoms with Crippen LogP contribution in [0.1, 0.15) is 55.5 Å². The summed E-state index contributed by atoms with van der Waals surface area (Å²) in [4.78, 5) is 5.26. The maximum absolute atomic E-state index is 5.26. The number of aliphatic imine (C=N–C) groups is 1. The fraction of sp³-hybridized carbons (Fsp3) is 0.135. The van der Waals surface area contributed by atoms with Crippen LogP contribution >= 0.6 is 11.8 Å². The summed E-state index contributed by atoms with van der Waals surface area (Å²) in [5.41, 5.74) is 13.2. The molecule has 0 spiro atoms. The van der Waals surface area contributed by atoms with Crippen LogP contribution in [0.3, 0.4) is 0 Å². The van der Waals surface area contributed by atoms with Gasteiger partial charge in [-0.3, -0.25) is 4.99 Å². The number of hydrogen-bond donors (Lipinski definition) is 0. The zero-order chi connectivity index (χ0) is 36.7. The topological polar surface area (TPSA) is 12.4 Å². The molecule has 0 saturated heterocycles. The summed E-state index contributed by atoms with van der Waals surface area (Å²) in [6.45, 7) is 9.12. The number of benzene rings is 8. The van der Waals surface area contributed by atoms with Crippen molar-refractivity contribution in [1.82, 2.24) is 0 Å². The highest BCUT2D eigenvalue weighted by Gasteiger charge is 2.48. The van der Waals surface area contributed by atoms with Crippen LogP contribution < -0.4 is 0 Å². The Labute approximate surface area is 322 Å². The highest BCUT2D eigenvalue weighted by atomic mass is 32.2. The van der Waals surface area contributed by atoms with E-state index in [9.17, 15) is 0 Å². The fourth-order valence-electron chi connectivity index (χ4n) is 8.85. The Morgan fingerprint density at radius 2 is 1.04 bits per heavy atom. The van der Waals surface area contributed by atoms with Crippen LogP contribution in [-0.2, 0) is 5.41 Å². The Bertz CT molecular complexity index is 2750. The highest BCUT2D eigenvalue weighted by Crippen LogP contribution is 2.59. The molecule has 2 heteroatoms. The smallest absolute Gasteiger partial charge is 0.0990 e. The standard InChI is InChI=1S/C52H41NS/c1-50(2)51(3,4)54-49(53-50)39-19-15-18-38(31-39)45-33-47-48(43-25-14-13-24-42(43)45)44-29-28-37(36-27-26-34-16-11-12-17-35(34)30-36)32-46(44)52(47,40-20-7-5-8-21-40)41-22-9-6-10-23-41/h5-33H,1-4H3. The third-order valence-corrected chi connectivity index (χ3v) is 13.8. The van der Waals surface area contributed by atoms with Gasteiger partial charge in [-0.2, -0.15) is 0 Å². The summed E-state index contributed by atoms with van der Waals surface area (Å²) in [6.07, 6.45) is 0. The molecule has 0 unspecified atom stereocenters. The maximum atomic E-state index is 5.26. The van der Waals surface area contributed by atoms with E-state index in [0.29, 0.717) is 0 Å².